The Morgan fingerprint density at radius 3 is 2.37 bits per heavy atom. The van der Waals surface area contributed by atoms with Crippen LogP contribution >= 0.6 is 0 Å². The maximum atomic E-state index is 11.3. The van der Waals surface area contributed by atoms with Crippen molar-refractivity contribution in [3.05, 3.63) is 0 Å². The van der Waals surface area contributed by atoms with Gasteiger partial charge in [0.15, 0.2) is 0 Å². The summed E-state index contributed by atoms with van der Waals surface area (Å²) in [6.07, 6.45) is 4.86. The molecule has 1 unspecified atom stereocenters. The predicted molar refractivity (Wildman–Crippen MR) is 69.3 cm³/mol. The fourth-order valence-electron chi connectivity index (χ4n) is 1.07. The number of terminal acetylenes is 1. The molecule has 0 saturated carbocycles. The molecule has 4 N–H and O–H groups in total. The highest BCUT2D eigenvalue weighted by Gasteiger charge is 2.18. The Bertz CT molecular complexity index is 374. The van der Waals surface area contributed by atoms with Gasteiger partial charge < -0.3 is 21.1 Å². The van der Waals surface area contributed by atoms with E-state index in [4.69, 9.17) is 11.5 Å². The molecule has 0 aliphatic heterocycles. The third-order valence-corrected chi connectivity index (χ3v) is 2.04. The van der Waals surface area contributed by atoms with Crippen molar-refractivity contribution in [3.8, 4) is 12.3 Å². The standard InChI is InChI=1S/C12H19N3O4/c1-4-5-9(11(17)18)15-12(19)14-7-10(16)13-6-8(2)3/h1,8-9H,5-7H2,2-3H3,(H,13,16)(H,17,18)(H2,14,15,19). The molecule has 0 rings (SSSR count). The fraction of sp³-hybridized carbons (Fsp3) is 0.583. The summed E-state index contributed by atoms with van der Waals surface area (Å²) in [4.78, 5) is 33.4. The Morgan fingerprint density at radius 1 is 1.26 bits per heavy atom. The first-order valence-corrected chi connectivity index (χ1v) is 5.84. The molecule has 0 spiro atoms. The lowest BCUT2D eigenvalue weighted by Gasteiger charge is -2.13. The van der Waals surface area contributed by atoms with Crippen LogP contribution in [0.4, 0.5) is 4.79 Å². The zero-order valence-electron chi connectivity index (χ0n) is 11.0. The molecule has 1 atom stereocenters. The van der Waals surface area contributed by atoms with Gasteiger partial charge in [-0.2, -0.15) is 0 Å². The molecule has 0 aliphatic rings. The summed E-state index contributed by atoms with van der Waals surface area (Å²) >= 11 is 0. The first-order chi connectivity index (χ1) is 8.86. The molecule has 0 aromatic rings. The molecular formula is C12H19N3O4. The van der Waals surface area contributed by atoms with Crippen molar-refractivity contribution in [2.75, 3.05) is 13.1 Å². The number of rotatable bonds is 7. The summed E-state index contributed by atoms with van der Waals surface area (Å²) < 4.78 is 0. The first-order valence-electron chi connectivity index (χ1n) is 5.84. The minimum Gasteiger partial charge on any atom is -0.480 e. The number of urea groups is 1. The Hall–Kier alpha value is -2.23. The molecule has 0 heterocycles. The molecule has 19 heavy (non-hydrogen) atoms. The number of amides is 3. The minimum absolute atomic E-state index is 0.123. The second-order valence-corrected chi connectivity index (χ2v) is 4.32. The summed E-state index contributed by atoms with van der Waals surface area (Å²) in [5.41, 5.74) is 0. The number of hydrogen-bond acceptors (Lipinski definition) is 3. The van der Waals surface area contributed by atoms with Crippen LogP contribution < -0.4 is 16.0 Å². The third kappa shape index (κ3) is 8.49. The highest BCUT2D eigenvalue weighted by molar-refractivity contribution is 5.86. The van der Waals surface area contributed by atoms with E-state index < -0.39 is 18.0 Å². The van der Waals surface area contributed by atoms with Gasteiger partial charge in [-0.15, -0.1) is 12.3 Å². The number of carbonyl (C=O) groups excluding carboxylic acids is 2. The predicted octanol–water partition coefficient (Wildman–Crippen LogP) is -0.466. The number of hydrogen-bond donors (Lipinski definition) is 4. The van der Waals surface area contributed by atoms with Crippen molar-refractivity contribution < 1.29 is 19.5 Å². The second kappa shape index (κ2) is 8.80. The van der Waals surface area contributed by atoms with Crippen LogP contribution in [0.15, 0.2) is 0 Å². The summed E-state index contributed by atoms with van der Waals surface area (Å²) in [6.45, 7) is 4.17. The molecule has 0 aromatic carbocycles. The number of aliphatic carboxylic acids is 1. The Balaban J connectivity index is 4.01. The lowest BCUT2D eigenvalue weighted by molar-refractivity contribution is -0.139. The van der Waals surface area contributed by atoms with E-state index in [9.17, 15) is 14.4 Å². The second-order valence-electron chi connectivity index (χ2n) is 4.32. The van der Waals surface area contributed by atoms with Crippen LogP contribution in [0.3, 0.4) is 0 Å². The Kier molecular flexibility index (Phi) is 7.77. The summed E-state index contributed by atoms with van der Waals surface area (Å²) in [5.74, 6) is 0.895. The Labute approximate surface area is 112 Å². The zero-order valence-corrected chi connectivity index (χ0v) is 11.0. The maximum Gasteiger partial charge on any atom is 0.327 e. The van der Waals surface area contributed by atoms with Gasteiger partial charge in [-0.3, -0.25) is 4.79 Å². The average molecular weight is 269 g/mol. The van der Waals surface area contributed by atoms with E-state index in [1.165, 1.54) is 0 Å². The monoisotopic (exact) mass is 269 g/mol. The van der Waals surface area contributed by atoms with Crippen LogP contribution in [0.5, 0.6) is 0 Å². The zero-order chi connectivity index (χ0) is 14.8. The topological polar surface area (TPSA) is 108 Å². The lowest BCUT2D eigenvalue weighted by Crippen LogP contribution is -2.48. The molecule has 7 heteroatoms. The van der Waals surface area contributed by atoms with Crippen LogP contribution in [0, 0.1) is 18.3 Å². The normalized spacial score (nSPS) is 11.3. The van der Waals surface area contributed by atoms with Crippen LogP contribution in [0.2, 0.25) is 0 Å². The van der Waals surface area contributed by atoms with E-state index >= 15 is 0 Å². The lowest BCUT2D eigenvalue weighted by atomic mass is 10.2. The fourth-order valence-corrected chi connectivity index (χ4v) is 1.07. The van der Waals surface area contributed by atoms with Gasteiger partial charge in [-0.1, -0.05) is 13.8 Å². The summed E-state index contributed by atoms with van der Waals surface area (Å²) in [7, 11) is 0. The molecule has 0 radical (unpaired) electrons. The van der Waals surface area contributed by atoms with Gasteiger partial charge >= 0.3 is 12.0 Å². The van der Waals surface area contributed by atoms with Gasteiger partial charge in [0.05, 0.1) is 6.54 Å². The van der Waals surface area contributed by atoms with E-state index in [2.05, 4.69) is 21.9 Å². The van der Waals surface area contributed by atoms with Crippen LogP contribution in [-0.4, -0.2) is 42.1 Å². The van der Waals surface area contributed by atoms with Gasteiger partial charge in [0.25, 0.3) is 0 Å². The number of carboxylic acids is 1. The smallest absolute Gasteiger partial charge is 0.327 e. The minimum atomic E-state index is -1.22. The molecule has 7 nitrogen and oxygen atoms in total. The molecule has 0 fully saturated rings. The van der Waals surface area contributed by atoms with E-state index in [1.54, 1.807) is 0 Å². The van der Waals surface area contributed by atoms with Gasteiger partial charge in [0, 0.05) is 13.0 Å². The first kappa shape index (κ1) is 16.8. The van der Waals surface area contributed by atoms with Crippen molar-refractivity contribution in [2.45, 2.75) is 26.3 Å². The van der Waals surface area contributed by atoms with Crippen molar-refractivity contribution in [1.29, 1.82) is 0 Å². The molecule has 106 valence electrons. The van der Waals surface area contributed by atoms with Gasteiger partial charge in [0.2, 0.25) is 5.91 Å². The van der Waals surface area contributed by atoms with Crippen molar-refractivity contribution in [1.82, 2.24) is 16.0 Å². The number of carboxylic acid groups (broad SMARTS) is 1. The van der Waals surface area contributed by atoms with E-state index in [0.717, 1.165) is 0 Å². The highest BCUT2D eigenvalue weighted by atomic mass is 16.4. The number of nitrogens with one attached hydrogen (secondary N) is 3. The molecule has 0 saturated heterocycles. The van der Waals surface area contributed by atoms with E-state index in [1.807, 2.05) is 13.8 Å². The van der Waals surface area contributed by atoms with Gasteiger partial charge in [-0.05, 0) is 5.92 Å². The maximum absolute atomic E-state index is 11.3. The van der Waals surface area contributed by atoms with E-state index in [0.29, 0.717) is 12.5 Å². The molecular weight excluding hydrogens is 250 g/mol. The van der Waals surface area contributed by atoms with Gasteiger partial charge in [-0.25, -0.2) is 9.59 Å². The number of carbonyl (C=O) groups is 3. The average Bonchev–Trinajstić information content (AvgIpc) is 2.33. The Morgan fingerprint density at radius 2 is 1.89 bits per heavy atom. The third-order valence-electron chi connectivity index (χ3n) is 2.04. The highest BCUT2D eigenvalue weighted by Crippen LogP contribution is 1.90. The van der Waals surface area contributed by atoms with Crippen molar-refractivity contribution in [3.63, 3.8) is 0 Å². The summed E-state index contributed by atoms with van der Waals surface area (Å²) in [6, 6.07) is -1.91. The van der Waals surface area contributed by atoms with Crippen LogP contribution in [0.1, 0.15) is 20.3 Å². The molecule has 3 amide bonds. The largest absolute Gasteiger partial charge is 0.480 e. The molecule has 0 bridgehead atoms. The van der Waals surface area contributed by atoms with Crippen molar-refractivity contribution >= 4 is 17.9 Å². The van der Waals surface area contributed by atoms with Gasteiger partial charge in [0.1, 0.15) is 6.04 Å². The SMILES string of the molecule is C#CCC(NC(=O)NCC(=O)NCC(C)C)C(=O)O. The van der Waals surface area contributed by atoms with Crippen LogP contribution in [0.25, 0.3) is 0 Å². The molecule has 0 aromatic heterocycles. The van der Waals surface area contributed by atoms with Crippen LogP contribution in [-0.2, 0) is 9.59 Å². The quantitative estimate of drug-likeness (QED) is 0.469. The summed E-state index contributed by atoms with van der Waals surface area (Å²) in [5, 5.41) is 15.8. The van der Waals surface area contributed by atoms with E-state index in [-0.39, 0.29) is 18.9 Å². The van der Waals surface area contributed by atoms with Crippen molar-refractivity contribution in [2.24, 2.45) is 5.92 Å². The molecule has 0 aliphatic carbocycles.